The van der Waals surface area contributed by atoms with Gasteiger partial charge < -0.3 is 15.4 Å². The molecule has 3 nitrogen and oxygen atoms in total. The SMILES string of the molecule is CC1OB(O)/C1=C/C=C(\N)C(F)(F)F. The molecule has 0 spiro atoms. The summed E-state index contributed by atoms with van der Waals surface area (Å²) in [4.78, 5) is 0. The summed E-state index contributed by atoms with van der Waals surface area (Å²) in [5.41, 5.74) is 3.93. The molecule has 1 heterocycles. The summed E-state index contributed by atoms with van der Waals surface area (Å²) in [5, 5.41) is 8.95. The Labute approximate surface area is 79.2 Å². The van der Waals surface area contributed by atoms with Crippen LogP contribution in [0.2, 0.25) is 0 Å². The van der Waals surface area contributed by atoms with E-state index in [1.165, 1.54) is 0 Å². The summed E-state index contributed by atoms with van der Waals surface area (Å²) >= 11 is 0. The van der Waals surface area contributed by atoms with Gasteiger partial charge in [0.2, 0.25) is 0 Å². The van der Waals surface area contributed by atoms with Gasteiger partial charge in [-0.1, -0.05) is 6.08 Å². The molecule has 0 aromatic heterocycles. The molecule has 1 aliphatic rings. The average molecular weight is 207 g/mol. The fourth-order valence-electron chi connectivity index (χ4n) is 0.977. The molecule has 0 amide bonds. The molecule has 1 aliphatic heterocycles. The van der Waals surface area contributed by atoms with Crippen LogP contribution in [0.25, 0.3) is 0 Å². The molecule has 0 aromatic rings. The molecular weight excluding hydrogens is 198 g/mol. The average Bonchev–Trinajstić information content (AvgIpc) is 2.02. The van der Waals surface area contributed by atoms with Gasteiger partial charge in [-0.05, 0) is 18.5 Å². The van der Waals surface area contributed by atoms with Crippen molar-refractivity contribution in [1.82, 2.24) is 0 Å². The fraction of sp³-hybridized carbons (Fsp3) is 0.429. The van der Waals surface area contributed by atoms with Crippen LogP contribution in [0.3, 0.4) is 0 Å². The van der Waals surface area contributed by atoms with Crippen LogP contribution in [0.5, 0.6) is 0 Å². The van der Waals surface area contributed by atoms with Gasteiger partial charge in [-0.25, -0.2) is 0 Å². The van der Waals surface area contributed by atoms with Gasteiger partial charge in [0, 0.05) is 0 Å². The summed E-state index contributed by atoms with van der Waals surface area (Å²) in [6, 6.07) is 0. The second-order valence-electron chi connectivity index (χ2n) is 2.92. The summed E-state index contributed by atoms with van der Waals surface area (Å²) < 4.78 is 40.4. The highest BCUT2D eigenvalue weighted by atomic mass is 19.4. The van der Waals surface area contributed by atoms with Crippen molar-refractivity contribution in [2.45, 2.75) is 19.2 Å². The van der Waals surface area contributed by atoms with E-state index in [-0.39, 0.29) is 6.10 Å². The molecule has 1 fully saturated rings. The van der Waals surface area contributed by atoms with E-state index in [0.717, 1.165) is 12.2 Å². The lowest BCUT2D eigenvalue weighted by Crippen LogP contribution is -2.43. The predicted octanol–water partition coefficient (Wildman–Crippen LogP) is 0.756. The minimum atomic E-state index is -4.53. The number of nitrogens with two attached hydrogens (primary N) is 1. The molecule has 0 aliphatic carbocycles. The third kappa shape index (κ3) is 2.30. The first kappa shape index (κ1) is 11.1. The first-order valence-electron chi connectivity index (χ1n) is 3.90. The standard InChI is InChI=1S/C7H9BF3NO2/c1-4-5(8(13)14-4)2-3-6(12)7(9,10)11/h2-4,13H,12H2,1H3/b5-2+,6-3-. The quantitative estimate of drug-likeness (QED) is 0.624. The molecule has 14 heavy (non-hydrogen) atoms. The summed E-state index contributed by atoms with van der Waals surface area (Å²) in [6.07, 6.45) is -3.04. The Kier molecular flexibility index (Phi) is 2.91. The van der Waals surface area contributed by atoms with Crippen LogP contribution in [0.1, 0.15) is 6.92 Å². The van der Waals surface area contributed by atoms with Crippen LogP contribution in [0.15, 0.2) is 23.3 Å². The maximum absolute atomic E-state index is 11.9. The fourth-order valence-corrected chi connectivity index (χ4v) is 0.977. The van der Waals surface area contributed by atoms with Gasteiger partial charge in [-0.15, -0.1) is 0 Å². The molecule has 0 aromatic carbocycles. The van der Waals surface area contributed by atoms with Crippen molar-refractivity contribution in [1.29, 1.82) is 0 Å². The molecular formula is C7H9BF3NO2. The Balaban J connectivity index is 2.70. The lowest BCUT2D eigenvalue weighted by atomic mass is 9.68. The first-order valence-corrected chi connectivity index (χ1v) is 3.90. The molecule has 0 saturated carbocycles. The van der Waals surface area contributed by atoms with Gasteiger partial charge in [-0.3, -0.25) is 0 Å². The highest BCUT2D eigenvalue weighted by Crippen LogP contribution is 2.24. The molecule has 7 heteroatoms. The zero-order chi connectivity index (χ0) is 10.9. The third-order valence-corrected chi connectivity index (χ3v) is 1.87. The molecule has 1 unspecified atom stereocenters. The molecule has 1 saturated heterocycles. The minimum absolute atomic E-state index is 0.359. The summed E-state index contributed by atoms with van der Waals surface area (Å²) in [5.74, 6) is 0. The lowest BCUT2D eigenvalue weighted by molar-refractivity contribution is -0.0926. The van der Waals surface area contributed by atoms with Gasteiger partial charge in [0.05, 0.1) is 6.10 Å². The van der Waals surface area contributed by atoms with Crippen molar-refractivity contribution < 1.29 is 22.8 Å². The number of hydrogen-bond acceptors (Lipinski definition) is 3. The number of rotatable bonds is 1. The zero-order valence-corrected chi connectivity index (χ0v) is 7.38. The van der Waals surface area contributed by atoms with Crippen molar-refractivity contribution in [3.05, 3.63) is 23.3 Å². The highest BCUT2D eigenvalue weighted by molar-refractivity contribution is 6.56. The topological polar surface area (TPSA) is 55.5 Å². The van der Waals surface area contributed by atoms with E-state index in [9.17, 15) is 13.2 Å². The van der Waals surface area contributed by atoms with Crippen LogP contribution in [0.4, 0.5) is 13.2 Å². The Morgan fingerprint density at radius 1 is 1.64 bits per heavy atom. The van der Waals surface area contributed by atoms with Crippen LogP contribution in [-0.2, 0) is 4.65 Å². The molecule has 0 radical (unpaired) electrons. The van der Waals surface area contributed by atoms with E-state index in [1.54, 1.807) is 6.92 Å². The van der Waals surface area contributed by atoms with Crippen molar-refractivity contribution in [2.75, 3.05) is 0 Å². The first-order chi connectivity index (χ1) is 6.32. The van der Waals surface area contributed by atoms with Gasteiger partial charge in [0.15, 0.2) is 0 Å². The predicted molar refractivity (Wildman–Crippen MR) is 44.9 cm³/mol. The van der Waals surface area contributed by atoms with Crippen molar-refractivity contribution in [2.24, 2.45) is 5.73 Å². The molecule has 1 rings (SSSR count). The Hall–Kier alpha value is -0.945. The lowest BCUT2D eigenvalue weighted by Gasteiger charge is -2.29. The Morgan fingerprint density at radius 3 is 2.57 bits per heavy atom. The van der Waals surface area contributed by atoms with E-state index in [2.05, 4.69) is 0 Å². The maximum Gasteiger partial charge on any atom is 0.489 e. The number of hydrogen-bond donors (Lipinski definition) is 2. The van der Waals surface area contributed by atoms with Crippen molar-refractivity contribution >= 4 is 7.12 Å². The van der Waals surface area contributed by atoms with E-state index in [0.29, 0.717) is 5.47 Å². The number of alkyl halides is 3. The van der Waals surface area contributed by atoms with E-state index < -0.39 is 19.0 Å². The van der Waals surface area contributed by atoms with Crippen LogP contribution in [-0.4, -0.2) is 24.4 Å². The molecule has 78 valence electrons. The normalized spacial score (nSPS) is 26.6. The third-order valence-electron chi connectivity index (χ3n) is 1.87. The second kappa shape index (κ2) is 3.66. The zero-order valence-electron chi connectivity index (χ0n) is 7.38. The van der Waals surface area contributed by atoms with Crippen molar-refractivity contribution in [3.63, 3.8) is 0 Å². The van der Waals surface area contributed by atoms with Gasteiger partial charge in [0.1, 0.15) is 5.70 Å². The number of halogens is 3. The van der Waals surface area contributed by atoms with Gasteiger partial charge in [-0.2, -0.15) is 13.2 Å². The summed E-state index contributed by atoms with van der Waals surface area (Å²) in [7, 11) is -1.11. The Bertz CT molecular complexity index is 271. The van der Waals surface area contributed by atoms with Crippen molar-refractivity contribution in [3.8, 4) is 0 Å². The maximum atomic E-state index is 11.9. The van der Waals surface area contributed by atoms with Crippen LogP contribution < -0.4 is 5.73 Å². The van der Waals surface area contributed by atoms with E-state index in [4.69, 9.17) is 15.4 Å². The largest absolute Gasteiger partial charge is 0.489 e. The molecule has 3 N–H and O–H groups in total. The van der Waals surface area contributed by atoms with E-state index in [1.807, 2.05) is 0 Å². The number of allylic oxidation sites excluding steroid dienone is 3. The van der Waals surface area contributed by atoms with E-state index >= 15 is 0 Å². The highest BCUT2D eigenvalue weighted by Gasteiger charge is 2.37. The van der Waals surface area contributed by atoms with Crippen LogP contribution in [0, 0.1) is 0 Å². The van der Waals surface area contributed by atoms with Crippen LogP contribution >= 0.6 is 0 Å². The minimum Gasteiger partial charge on any atom is -0.423 e. The summed E-state index contributed by atoms with van der Waals surface area (Å²) in [6.45, 7) is 1.62. The second-order valence-corrected chi connectivity index (χ2v) is 2.92. The monoisotopic (exact) mass is 207 g/mol. The Morgan fingerprint density at radius 2 is 2.21 bits per heavy atom. The van der Waals surface area contributed by atoms with Gasteiger partial charge in [0.25, 0.3) is 0 Å². The molecule has 0 bridgehead atoms. The molecule has 1 atom stereocenters. The smallest absolute Gasteiger partial charge is 0.423 e. The van der Waals surface area contributed by atoms with Gasteiger partial charge >= 0.3 is 13.3 Å².